The van der Waals surface area contributed by atoms with E-state index in [-0.39, 0.29) is 5.92 Å². The normalized spacial score (nSPS) is 19.1. The van der Waals surface area contributed by atoms with Gasteiger partial charge in [-0.1, -0.05) is 36.3 Å². The second kappa shape index (κ2) is 11.0. The summed E-state index contributed by atoms with van der Waals surface area (Å²) in [5, 5.41) is 13.6. The minimum absolute atomic E-state index is 0.240. The van der Waals surface area contributed by atoms with E-state index in [1.54, 1.807) is 0 Å². The van der Waals surface area contributed by atoms with E-state index in [9.17, 15) is 9.90 Å². The van der Waals surface area contributed by atoms with Crippen LogP contribution in [0, 0.1) is 12.8 Å². The molecule has 2 aromatic carbocycles. The Morgan fingerprint density at radius 1 is 1.12 bits per heavy atom. The number of oxime groups is 1. The molecule has 0 radical (unpaired) electrons. The summed E-state index contributed by atoms with van der Waals surface area (Å²) in [7, 11) is 0. The van der Waals surface area contributed by atoms with Gasteiger partial charge in [0.15, 0.2) is 0 Å². The van der Waals surface area contributed by atoms with Crippen LogP contribution < -0.4 is 4.90 Å². The molecule has 2 aromatic rings. The number of carboxylic acid groups (broad SMARTS) is 1. The number of benzene rings is 2. The van der Waals surface area contributed by atoms with Crippen molar-refractivity contribution in [1.29, 1.82) is 0 Å². The van der Waals surface area contributed by atoms with E-state index in [2.05, 4.69) is 65.2 Å². The van der Waals surface area contributed by atoms with Crippen molar-refractivity contribution in [3.63, 3.8) is 0 Å². The summed E-state index contributed by atoms with van der Waals surface area (Å²) >= 11 is 0. The van der Waals surface area contributed by atoms with Gasteiger partial charge in [-0.25, -0.2) is 0 Å². The Labute approximate surface area is 203 Å². The van der Waals surface area contributed by atoms with Gasteiger partial charge in [0, 0.05) is 31.9 Å². The number of nitrogens with zero attached hydrogens (tertiary/aromatic N) is 3. The average Bonchev–Trinajstić information content (AvgIpc) is 3.52. The molecule has 0 spiro atoms. The van der Waals surface area contributed by atoms with Crippen LogP contribution in [0.15, 0.2) is 41.6 Å². The highest BCUT2D eigenvalue weighted by Crippen LogP contribution is 2.25. The Kier molecular flexibility index (Phi) is 7.88. The number of carboxylic acids is 1. The van der Waals surface area contributed by atoms with Crippen LogP contribution in [0.3, 0.4) is 0 Å². The van der Waals surface area contributed by atoms with E-state index >= 15 is 0 Å². The third kappa shape index (κ3) is 5.79. The SMILES string of the molecule is CCc1cc(/C(C)=N/OCc2ccc(N3CCCC3)c(C)c2)ccc1CN1CC[C@H](C(=O)O)C1. The molecule has 2 aliphatic heterocycles. The first-order valence-electron chi connectivity index (χ1n) is 12.5. The van der Waals surface area contributed by atoms with E-state index in [1.807, 2.05) is 6.92 Å². The van der Waals surface area contributed by atoms with Crippen molar-refractivity contribution in [3.8, 4) is 0 Å². The fourth-order valence-corrected chi connectivity index (χ4v) is 5.13. The number of hydrogen-bond donors (Lipinski definition) is 1. The van der Waals surface area contributed by atoms with E-state index in [1.165, 1.54) is 35.2 Å². The zero-order chi connectivity index (χ0) is 24.1. The Morgan fingerprint density at radius 2 is 1.91 bits per heavy atom. The first kappa shape index (κ1) is 24.3. The molecule has 0 unspecified atom stereocenters. The van der Waals surface area contributed by atoms with Crippen LogP contribution in [-0.4, -0.2) is 47.9 Å². The summed E-state index contributed by atoms with van der Waals surface area (Å²) in [5.74, 6) is -0.922. The Bertz CT molecular complexity index is 1040. The number of aryl methyl sites for hydroxylation is 2. The van der Waals surface area contributed by atoms with E-state index < -0.39 is 5.97 Å². The van der Waals surface area contributed by atoms with Crippen molar-refractivity contribution in [3.05, 3.63) is 64.2 Å². The third-order valence-electron chi connectivity index (χ3n) is 7.16. The molecule has 0 saturated carbocycles. The lowest BCUT2D eigenvalue weighted by molar-refractivity contribution is -0.141. The summed E-state index contributed by atoms with van der Waals surface area (Å²) in [4.78, 5) is 21.7. The zero-order valence-corrected chi connectivity index (χ0v) is 20.7. The van der Waals surface area contributed by atoms with Crippen molar-refractivity contribution >= 4 is 17.4 Å². The lowest BCUT2D eigenvalue weighted by Crippen LogP contribution is -2.23. The maximum absolute atomic E-state index is 11.3. The average molecular weight is 464 g/mol. The molecule has 182 valence electrons. The molecular formula is C28H37N3O3. The van der Waals surface area contributed by atoms with Gasteiger partial charge in [0.2, 0.25) is 0 Å². The molecule has 4 rings (SSSR count). The van der Waals surface area contributed by atoms with Crippen LogP contribution in [0.25, 0.3) is 0 Å². The molecular weight excluding hydrogens is 426 g/mol. The monoisotopic (exact) mass is 463 g/mol. The van der Waals surface area contributed by atoms with Gasteiger partial charge in [0.1, 0.15) is 6.61 Å². The summed E-state index contributed by atoms with van der Waals surface area (Å²) in [6, 6.07) is 13.0. The largest absolute Gasteiger partial charge is 0.481 e. The molecule has 0 aromatic heterocycles. The summed E-state index contributed by atoms with van der Waals surface area (Å²) in [6.45, 7) is 11.3. The number of anilines is 1. The van der Waals surface area contributed by atoms with Gasteiger partial charge in [-0.05, 0) is 86.0 Å². The van der Waals surface area contributed by atoms with Crippen molar-refractivity contribution in [2.75, 3.05) is 31.1 Å². The molecule has 2 saturated heterocycles. The molecule has 2 aliphatic rings. The maximum Gasteiger partial charge on any atom is 0.307 e. The van der Waals surface area contributed by atoms with Crippen LogP contribution in [0.1, 0.15) is 60.9 Å². The second-order valence-electron chi connectivity index (χ2n) is 9.66. The molecule has 1 N–H and O–H groups in total. The predicted molar refractivity (Wildman–Crippen MR) is 136 cm³/mol. The lowest BCUT2D eigenvalue weighted by atomic mass is 9.99. The summed E-state index contributed by atoms with van der Waals surface area (Å²) in [5.41, 5.74) is 8.22. The smallest absolute Gasteiger partial charge is 0.307 e. The lowest BCUT2D eigenvalue weighted by Gasteiger charge is -2.20. The van der Waals surface area contributed by atoms with Gasteiger partial charge in [0.25, 0.3) is 0 Å². The van der Waals surface area contributed by atoms with Crippen LogP contribution in [0.2, 0.25) is 0 Å². The number of likely N-dealkylation sites (tertiary alicyclic amines) is 1. The van der Waals surface area contributed by atoms with Gasteiger partial charge in [-0.2, -0.15) is 0 Å². The number of hydrogen-bond acceptors (Lipinski definition) is 5. The number of aliphatic carboxylic acids is 1. The Balaban J connectivity index is 1.36. The van der Waals surface area contributed by atoms with Crippen LogP contribution in [-0.2, 0) is 29.2 Å². The standard InChI is InChI=1S/C28H37N3O3/c1-4-23-16-24(8-9-25(23)17-30-14-11-26(18-30)28(32)33)21(3)29-34-19-22-7-10-27(20(2)15-22)31-12-5-6-13-31/h7-10,15-16,26H,4-6,11-14,17-19H2,1-3H3,(H,32,33)/b29-21+/t26-/m0/s1. The zero-order valence-electron chi connectivity index (χ0n) is 20.7. The predicted octanol–water partition coefficient (Wildman–Crippen LogP) is 5.00. The highest BCUT2D eigenvalue weighted by Gasteiger charge is 2.28. The molecule has 2 heterocycles. The highest BCUT2D eigenvalue weighted by atomic mass is 16.6. The number of rotatable bonds is 9. The minimum atomic E-state index is -0.682. The molecule has 0 aliphatic carbocycles. The topological polar surface area (TPSA) is 65.4 Å². The summed E-state index contributed by atoms with van der Waals surface area (Å²) < 4.78 is 0. The highest BCUT2D eigenvalue weighted by molar-refractivity contribution is 5.98. The van der Waals surface area contributed by atoms with Gasteiger partial charge < -0.3 is 14.8 Å². The van der Waals surface area contributed by atoms with E-state index in [0.717, 1.165) is 55.9 Å². The minimum Gasteiger partial charge on any atom is -0.481 e. The molecule has 0 bridgehead atoms. The van der Waals surface area contributed by atoms with Crippen molar-refractivity contribution in [2.45, 2.75) is 59.6 Å². The fourth-order valence-electron chi connectivity index (χ4n) is 5.13. The van der Waals surface area contributed by atoms with Crippen LogP contribution in [0.5, 0.6) is 0 Å². The van der Waals surface area contributed by atoms with Gasteiger partial charge in [0.05, 0.1) is 11.6 Å². The van der Waals surface area contributed by atoms with Crippen molar-refractivity contribution < 1.29 is 14.7 Å². The molecule has 0 amide bonds. The third-order valence-corrected chi connectivity index (χ3v) is 7.16. The Morgan fingerprint density at radius 3 is 2.59 bits per heavy atom. The fraction of sp³-hybridized carbons (Fsp3) is 0.500. The molecule has 1 atom stereocenters. The molecule has 6 nitrogen and oxygen atoms in total. The van der Waals surface area contributed by atoms with Gasteiger partial charge in [-0.15, -0.1) is 0 Å². The van der Waals surface area contributed by atoms with E-state index in [0.29, 0.717) is 13.2 Å². The Hall–Kier alpha value is -2.86. The first-order valence-corrected chi connectivity index (χ1v) is 12.5. The summed E-state index contributed by atoms with van der Waals surface area (Å²) in [6.07, 6.45) is 4.22. The van der Waals surface area contributed by atoms with Crippen molar-refractivity contribution in [2.24, 2.45) is 11.1 Å². The first-order chi connectivity index (χ1) is 16.4. The van der Waals surface area contributed by atoms with Gasteiger partial charge >= 0.3 is 5.97 Å². The van der Waals surface area contributed by atoms with E-state index in [4.69, 9.17) is 4.84 Å². The van der Waals surface area contributed by atoms with Crippen LogP contribution >= 0.6 is 0 Å². The molecule has 34 heavy (non-hydrogen) atoms. The van der Waals surface area contributed by atoms with Crippen LogP contribution in [0.4, 0.5) is 5.69 Å². The maximum atomic E-state index is 11.3. The molecule has 6 heteroatoms. The second-order valence-corrected chi connectivity index (χ2v) is 9.66. The van der Waals surface area contributed by atoms with Crippen molar-refractivity contribution in [1.82, 2.24) is 4.90 Å². The molecule has 2 fully saturated rings. The van der Waals surface area contributed by atoms with Gasteiger partial charge in [-0.3, -0.25) is 9.69 Å². The quantitative estimate of drug-likeness (QED) is 0.419. The number of carbonyl (C=O) groups is 1.